The van der Waals surface area contributed by atoms with E-state index in [-0.39, 0.29) is 6.03 Å². The Bertz CT molecular complexity index is 690. The van der Waals surface area contributed by atoms with Gasteiger partial charge < -0.3 is 15.5 Å². The number of aryl methyl sites for hydroxylation is 1. The van der Waals surface area contributed by atoms with Crippen LogP contribution in [0, 0.1) is 6.92 Å². The van der Waals surface area contributed by atoms with Crippen molar-refractivity contribution in [1.82, 2.24) is 20.2 Å². The van der Waals surface area contributed by atoms with Crippen LogP contribution in [0.3, 0.4) is 0 Å². The minimum absolute atomic E-state index is 0.00394. The maximum Gasteiger partial charge on any atom is 0.317 e. The zero-order valence-electron chi connectivity index (χ0n) is 12.1. The third kappa shape index (κ3) is 3.38. The Labute approximate surface area is 141 Å². The van der Waals surface area contributed by atoms with Crippen molar-refractivity contribution in [2.75, 3.05) is 31.5 Å². The summed E-state index contributed by atoms with van der Waals surface area (Å²) in [5.74, 6) is 0.588. The van der Waals surface area contributed by atoms with Crippen molar-refractivity contribution in [2.24, 2.45) is 0 Å². The first-order valence-electron chi connectivity index (χ1n) is 6.99. The SMILES string of the molecule is Cc1cnc(NCCN2CCNC2=O)nc1-c1ccc(Br)s1. The average Bonchev–Trinajstić information content (AvgIpc) is 3.10. The number of urea groups is 1. The molecule has 0 saturated carbocycles. The first-order chi connectivity index (χ1) is 10.6. The van der Waals surface area contributed by atoms with Gasteiger partial charge in [0.2, 0.25) is 5.95 Å². The summed E-state index contributed by atoms with van der Waals surface area (Å²) in [5.41, 5.74) is 1.98. The van der Waals surface area contributed by atoms with Gasteiger partial charge in [0.05, 0.1) is 14.4 Å². The molecule has 0 aliphatic carbocycles. The van der Waals surface area contributed by atoms with Crippen LogP contribution in [0.15, 0.2) is 22.1 Å². The number of anilines is 1. The fourth-order valence-electron chi connectivity index (χ4n) is 2.25. The second-order valence-electron chi connectivity index (χ2n) is 4.97. The highest BCUT2D eigenvalue weighted by molar-refractivity contribution is 9.11. The molecule has 1 saturated heterocycles. The molecule has 8 heteroatoms. The van der Waals surface area contributed by atoms with Gasteiger partial charge in [-0.05, 0) is 40.5 Å². The second kappa shape index (κ2) is 6.62. The number of hydrogen-bond acceptors (Lipinski definition) is 5. The molecule has 0 spiro atoms. The van der Waals surface area contributed by atoms with Gasteiger partial charge in [-0.25, -0.2) is 14.8 Å². The lowest BCUT2D eigenvalue weighted by Crippen LogP contribution is -2.32. The largest absolute Gasteiger partial charge is 0.352 e. The van der Waals surface area contributed by atoms with E-state index in [2.05, 4.69) is 36.5 Å². The average molecular weight is 382 g/mol. The summed E-state index contributed by atoms with van der Waals surface area (Å²) in [6.45, 7) is 4.75. The molecule has 22 heavy (non-hydrogen) atoms. The van der Waals surface area contributed by atoms with Crippen LogP contribution in [0.5, 0.6) is 0 Å². The van der Waals surface area contributed by atoms with Crippen molar-refractivity contribution in [1.29, 1.82) is 0 Å². The molecule has 116 valence electrons. The summed E-state index contributed by atoms with van der Waals surface area (Å²) >= 11 is 5.12. The van der Waals surface area contributed by atoms with Crippen LogP contribution in [-0.4, -0.2) is 47.1 Å². The van der Waals surface area contributed by atoms with Crippen molar-refractivity contribution in [3.63, 3.8) is 0 Å². The van der Waals surface area contributed by atoms with E-state index in [1.807, 2.05) is 25.3 Å². The lowest BCUT2D eigenvalue weighted by atomic mass is 10.2. The summed E-state index contributed by atoms with van der Waals surface area (Å²) < 4.78 is 1.08. The van der Waals surface area contributed by atoms with Gasteiger partial charge in [-0.1, -0.05) is 0 Å². The predicted octanol–water partition coefficient (Wildman–Crippen LogP) is 2.71. The first kappa shape index (κ1) is 15.2. The van der Waals surface area contributed by atoms with Gasteiger partial charge in [0, 0.05) is 32.4 Å². The minimum Gasteiger partial charge on any atom is -0.352 e. The van der Waals surface area contributed by atoms with Crippen molar-refractivity contribution in [3.8, 4) is 10.6 Å². The Kier molecular flexibility index (Phi) is 4.58. The molecule has 0 radical (unpaired) electrons. The molecule has 1 aliphatic heterocycles. The predicted molar refractivity (Wildman–Crippen MR) is 91.2 cm³/mol. The number of amides is 2. The lowest BCUT2D eigenvalue weighted by Gasteiger charge is -2.14. The summed E-state index contributed by atoms with van der Waals surface area (Å²) in [6.07, 6.45) is 1.82. The van der Waals surface area contributed by atoms with Crippen LogP contribution in [0.2, 0.25) is 0 Å². The van der Waals surface area contributed by atoms with E-state index in [4.69, 9.17) is 0 Å². The highest BCUT2D eigenvalue weighted by atomic mass is 79.9. The highest BCUT2D eigenvalue weighted by Crippen LogP contribution is 2.32. The van der Waals surface area contributed by atoms with Gasteiger partial charge in [-0.15, -0.1) is 11.3 Å². The van der Waals surface area contributed by atoms with Gasteiger partial charge >= 0.3 is 6.03 Å². The number of nitrogens with one attached hydrogen (secondary N) is 2. The van der Waals surface area contributed by atoms with E-state index < -0.39 is 0 Å². The fourth-order valence-corrected chi connectivity index (χ4v) is 3.69. The number of hydrogen-bond donors (Lipinski definition) is 2. The molecule has 0 unspecified atom stereocenters. The number of aromatic nitrogens is 2. The molecule has 0 aromatic carbocycles. The standard InChI is InChI=1S/C14H16BrN5OS/c1-9-8-18-13(16-4-6-20-7-5-17-14(20)21)19-12(9)10-2-3-11(15)22-10/h2-3,8H,4-7H2,1H3,(H,17,21)(H,16,18,19). The second-order valence-corrected chi connectivity index (χ2v) is 7.44. The van der Waals surface area contributed by atoms with Crippen LogP contribution in [0.1, 0.15) is 5.56 Å². The van der Waals surface area contributed by atoms with Crippen molar-refractivity contribution in [2.45, 2.75) is 6.92 Å². The Balaban J connectivity index is 1.66. The highest BCUT2D eigenvalue weighted by Gasteiger charge is 2.18. The van der Waals surface area contributed by atoms with Crippen LogP contribution >= 0.6 is 27.3 Å². The molecular formula is C14H16BrN5OS. The molecule has 6 nitrogen and oxygen atoms in total. The first-order valence-corrected chi connectivity index (χ1v) is 8.60. The molecule has 2 aromatic heterocycles. The zero-order valence-corrected chi connectivity index (χ0v) is 14.5. The van der Waals surface area contributed by atoms with Gasteiger partial charge in [0.25, 0.3) is 0 Å². The summed E-state index contributed by atoms with van der Waals surface area (Å²) in [7, 11) is 0. The van der Waals surface area contributed by atoms with Crippen LogP contribution in [-0.2, 0) is 0 Å². The van der Waals surface area contributed by atoms with Gasteiger partial charge in [-0.3, -0.25) is 0 Å². The normalized spacial score (nSPS) is 14.3. The fraction of sp³-hybridized carbons (Fsp3) is 0.357. The molecule has 1 aliphatic rings. The summed E-state index contributed by atoms with van der Waals surface area (Å²) in [4.78, 5) is 23.2. The molecule has 3 rings (SSSR count). The quantitative estimate of drug-likeness (QED) is 0.835. The topological polar surface area (TPSA) is 70.2 Å². The van der Waals surface area contributed by atoms with Crippen LogP contribution < -0.4 is 10.6 Å². The van der Waals surface area contributed by atoms with Crippen molar-refractivity contribution < 1.29 is 4.79 Å². The van der Waals surface area contributed by atoms with Crippen LogP contribution in [0.25, 0.3) is 10.6 Å². The van der Waals surface area contributed by atoms with E-state index in [0.29, 0.717) is 19.0 Å². The molecule has 2 amide bonds. The molecular weight excluding hydrogens is 366 g/mol. The number of carbonyl (C=O) groups excluding carboxylic acids is 1. The maximum absolute atomic E-state index is 11.5. The summed E-state index contributed by atoms with van der Waals surface area (Å²) in [5, 5.41) is 5.97. The lowest BCUT2D eigenvalue weighted by molar-refractivity contribution is 0.219. The molecule has 0 bridgehead atoms. The number of nitrogens with zero attached hydrogens (tertiary/aromatic N) is 3. The molecule has 2 aromatic rings. The van der Waals surface area contributed by atoms with Crippen LogP contribution in [0.4, 0.5) is 10.7 Å². The van der Waals surface area contributed by atoms with Gasteiger partial charge in [-0.2, -0.15) is 0 Å². The van der Waals surface area contributed by atoms with E-state index in [0.717, 1.165) is 33.0 Å². The number of rotatable bonds is 5. The third-order valence-corrected chi connectivity index (χ3v) is 5.02. The number of carbonyl (C=O) groups is 1. The van der Waals surface area contributed by atoms with Gasteiger partial charge in [0.15, 0.2) is 0 Å². The smallest absolute Gasteiger partial charge is 0.317 e. The van der Waals surface area contributed by atoms with Gasteiger partial charge in [0.1, 0.15) is 0 Å². The molecule has 2 N–H and O–H groups in total. The van der Waals surface area contributed by atoms with Crippen molar-refractivity contribution in [3.05, 3.63) is 27.7 Å². The monoisotopic (exact) mass is 381 g/mol. The zero-order chi connectivity index (χ0) is 15.5. The molecule has 0 atom stereocenters. The Morgan fingerprint density at radius 1 is 1.50 bits per heavy atom. The Hall–Kier alpha value is -1.67. The molecule has 1 fully saturated rings. The van der Waals surface area contributed by atoms with E-state index in [1.165, 1.54) is 0 Å². The summed E-state index contributed by atoms with van der Waals surface area (Å²) in [6, 6.07) is 4.05. The number of halogens is 1. The third-order valence-electron chi connectivity index (χ3n) is 3.39. The Morgan fingerprint density at radius 3 is 3.05 bits per heavy atom. The molecule has 3 heterocycles. The van der Waals surface area contributed by atoms with E-state index >= 15 is 0 Å². The Morgan fingerprint density at radius 2 is 2.36 bits per heavy atom. The van der Waals surface area contributed by atoms with E-state index in [9.17, 15) is 4.79 Å². The minimum atomic E-state index is -0.00394. The van der Waals surface area contributed by atoms with Crippen molar-refractivity contribution >= 4 is 39.2 Å². The maximum atomic E-state index is 11.5. The number of thiophene rings is 1. The van der Waals surface area contributed by atoms with E-state index in [1.54, 1.807) is 16.2 Å².